The summed E-state index contributed by atoms with van der Waals surface area (Å²) in [6, 6.07) is 0. The quantitative estimate of drug-likeness (QED) is 0.104. The molecule has 0 aromatic rings. The molecule has 1 unspecified atom stereocenters. The molecular formula is C25H49O3P. The molecule has 0 heterocycles. The normalized spacial score (nSPS) is 13.1. The van der Waals surface area contributed by atoms with E-state index in [-0.39, 0.29) is 6.61 Å². The third-order valence-corrected chi connectivity index (χ3v) is 7.15. The van der Waals surface area contributed by atoms with Gasteiger partial charge in [0.1, 0.15) is 6.61 Å². The van der Waals surface area contributed by atoms with Crippen molar-refractivity contribution in [3.63, 3.8) is 0 Å². The van der Waals surface area contributed by atoms with Crippen LogP contribution in [0.15, 0.2) is 0 Å². The zero-order chi connectivity index (χ0) is 21.5. The summed E-state index contributed by atoms with van der Waals surface area (Å²) in [4.78, 5) is 0. The lowest BCUT2D eigenvalue weighted by Gasteiger charge is -2.17. The van der Waals surface area contributed by atoms with Gasteiger partial charge in [0.25, 0.3) is 0 Å². The summed E-state index contributed by atoms with van der Waals surface area (Å²) in [5.41, 5.74) is 0. The van der Waals surface area contributed by atoms with Crippen LogP contribution in [0.5, 0.6) is 0 Å². The highest BCUT2D eigenvalue weighted by Crippen LogP contribution is 2.49. The number of rotatable bonds is 21. The van der Waals surface area contributed by atoms with E-state index in [0.717, 1.165) is 38.5 Å². The van der Waals surface area contributed by atoms with Crippen LogP contribution in [0.1, 0.15) is 130 Å². The minimum Gasteiger partial charge on any atom is -0.309 e. The molecule has 0 aliphatic rings. The van der Waals surface area contributed by atoms with Gasteiger partial charge in [-0.15, -0.1) is 5.92 Å². The van der Waals surface area contributed by atoms with Gasteiger partial charge in [-0.1, -0.05) is 110 Å². The fourth-order valence-corrected chi connectivity index (χ4v) is 4.93. The third-order valence-electron chi connectivity index (χ3n) is 5.19. The molecule has 0 aromatic carbocycles. The van der Waals surface area contributed by atoms with E-state index in [4.69, 9.17) is 9.05 Å². The largest absolute Gasteiger partial charge is 0.331 e. The Bertz CT molecular complexity index is 439. The molecule has 0 rings (SSSR count). The van der Waals surface area contributed by atoms with Gasteiger partial charge in [0, 0.05) is 6.42 Å². The van der Waals surface area contributed by atoms with Gasteiger partial charge in [0.2, 0.25) is 0 Å². The highest BCUT2D eigenvalue weighted by Gasteiger charge is 2.23. The SMILES string of the molecule is CCCCCCCCCCC#CCOP(=O)(CCCC)OCCCCCCCC. The van der Waals surface area contributed by atoms with Gasteiger partial charge in [-0.25, -0.2) is 0 Å². The Kier molecular flexibility index (Phi) is 22.2. The van der Waals surface area contributed by atoms with Gasteiger partial charge < -0.3 is 4.52 Å². The molecule has 0 aliphatic heterocycles. The minimum atomic E-state index is -2.98. The summed E-state index contributed by atoms with van der Waals surface area (Å²) in [5.74, 6) is 6.21. The Morgan fingerprint density at radius 1 is 0.586 bits per heavy atom. The van der Waals surface area contributed by atoms with E-state index >= 15 is 0 Å². The molecular weight excluding hydrogens is 379 g/mol. The van der Waals surface area contributed by atoms with Crippen LogP contribution < -0.4 is 0 Å². The van der Waals surface area contributed by atoms with Gasteiger partial charge >= 0.3 is 7.60 Å². The first-order valence-corrected chi connectivity index (χ1v) is 14.2. The number of hydrogen-bond acceptors (Lipinski definition) is 3. The van der Waals surface area contributed by atoms with Crippen molar-refractivity contribution in [2.45, 2.75) is 130 Å². The second kappa shape index (κ2) is 22.4. The van der Waals surface area contributed by atoms with E-state index in [0.29, 0.717) is 12.8 Å². The van der Waals surface area contributed by atoms with Crippen LogP contribution >= 0.6 is 7.60 Å². The summed E-state index contributed by atoms with van der Waals surface area (Å²) >= 11 is 0. The van der Waals surface area contributed by atoms with E-state index in [9.17, 15) is 4.57 Å². The average Bonchev–Trinajstić information content (AvgIpc) is 2.72. The molecule has 1 atom stereocenters. The topological polar surface area (TPSA) is 35.5 Å². The molecule has 0 saturated heterocycles. The molecule has 29 heavy (non-hydrogen) atoms. The summed E-state index contributed by atoms with van der Waals surface area (Å²) in [6.07, 6.45) is 21.0. The Morgan fingerprint density at radius 2 is 1.10 bits per heavy atom. The van der Waals surface area contributed by atoms with E-state index in [2.05, 4.69) is 32.6 Å². The van der Waals surface area contributed by atoms with E-state index in [1.807, 2.05) is 0 Å². The van der Waals surface area contributed by atoms with Crippen molar-refractivity contribution >= 4 is 7.60 Å². The Morgan fingerprint density at radius 3 is 1.69 bits per heavy atom. The third kappa shape index (κ3) is 20.8. The smallest absolute Gasteiger partial charge is 0.309 e. The highest BCUT2D eigenvalue weighted by atomic mass is 31.2. The maximum Gasteiger partial charge on any atom is 0.331 e. The van der Waals surface area contributed by atoms with Gasteiger partial charge in [-0.05, 0) is 19.3 Å². The minimum absolute atomic E-state index is 0.231. The lowest BCUT2D eigenvalue weighted by atomic mass is 10.1. The number of hydrogen-bond donors (Lipinski definition) is 0. The van der Waals surface area contributed by atoms with Crippen LogP contribution in [-0.2, 0) is 13.6 Å². The van der Waals surface area contributed by atoms with E-state index in [1.165, 1.54) is 70.6 Å². The first kappa shape index (κ1) is 28.7. The summed E-state index contributed by atoms with van der Waals surface area (Å²) in [5, 5.41) is 0. The van der Waals surface area contributed by atoms with Crippen LogP contribution in [0.4, 0.5) is 0 Å². The van der Waals surface area contributed by atoms with Crippen molar-refractivity contribution in [1.82, 2.24) is 0 Å². The van der Waals surface area contributed by atoms with Crippen molar-refractivity contribution in [3.8, 4) is 11.8 Å². The van der Waals surface area contributed by atoms with Gasteiger partial charge in [0.15, 0.2) is 0 Å². The van der Waals surface area contributed by atoms with E-state index in [1.54, 1.807) is 0 Å². The Hall–Kier alpha value is -0.290. The molecule has 0 fully saturated rings. The number of unbranched alkanes of at least 4 members (excludes halogenated alkanes) is 14. The maximum atomic E-state index is 12.9. The van der Waals surface area contributed by atoms with Crippen LogP contribution in [0.25, 0.3) is 0 Å². The Balaban J connectivity index is 3.87. The Labute approximate surface area is 182 Å². The fourth-order valence-electron chi connectivity index (χ4n) is 3.22. The molecule has 0 spiro atoms. The zero-order valence-corrected chi connectivity index (χ0v) is 20.7. The molecule has 3 nitrogen and oxygen atoms in total. The average molecular weight is 429 g/mol. The molecule has 0 radical (unpaired) electrons. The predicted octanol–water partition coefficient (Wildman–Crippen LogP) is 8.91. The van der Waals surface area contributed by atoms with Gasteiger partial charge in [0.05, 0.1) is 12.8 Å². The first-order chi connectivity index (χ1) is 14.2. The second-order valence-corrected chi connectivity index (χ2v) is 10.3. The predicted molar refractivity (Wildman–Crippen MR) is 128 cm³/mol. The van der Waals surface area contributed by atoms with Crippen LogP contribution in [0, 0.1) is 11.8 Å². The fraction of sp³-hybridized carbons (Fsp3) is 0.920. The first-order valence-electron chi connectivity index (χ1n) is 12.5. The molecule has 0 bridgehead atoms. The standard InChI is InChI=1S/C25H49O3P/c1-4-7-10-12-14-15-16-17-18-20-22-24-28-29(26,25-9-6-3)27-23-21-19-13-11-8-5-2/h4-19,21,23-25H2,1-3H3. The molecule has 0 aromatic heterocycles. The molecule has 4 heteroatoms. The van der Waals surface area contributed by atoms with Crippen molar-refractivity contribution < 1.29 is 13.6 Å². The van der Waals surface area contributed by atoms with Crippen molar-refractivity contribution in [3.05, 3.63) is 0 Å². The molecule has 0 N–H and O–H groups in total. The van der Waals surface area contributed by atoms with Crippen LogP contribution in [0.3, 0.4) is 0 Å². The highest BCUT2D eigenvalue weighted by molar-refractivity contribution is 7.53. The van der Waals surface area contributed by atoms with Gasteiger partial charge in [-0.2, -0.15) is 0 Å². The van der Waals surface area contributed by atoms with Gasteiger partial charge in [-0.3, -0.25) is 9.09 Å². The van der Waals surface area contributed by atoms with Crippen LogP contribution in [0.2, 0.25) is 0 Å². The summed E-state index contributed by atoms with van der Waals surface area (Å²) in [7, 11) is -2.98. The molecule has 0 aliphatic carbocycles. The monoisotopic (exact) mass is 428 g/mol. The molecule has 0 amide bonds. The second-order valence-electron chi connectivity index (χ2n) is 8.14. The lowest BCUT2D eigenvalue weighted by Crippen LogP contribution is -2.02. The summed E-state index contributed by atoms with van der Waals surface area (Å²) < 4.78 is 24.2. The van der Waals surface area contributed by atoms with Crippen molar-refractivity contribution in [2.75, 3.05) is 19.4 Å². The van der Waals surface area contributed by atoms with Crippen molar-refractivity contribution in [2.24, 2.45) is 0 Å². The molecule has 172 valence electrons. The maximum absolute atomic E-state index is 12.9. The summed E-state index contributed by atoms with van der Waals surface area (Å²) in [6.45, 7) is 7.35. The van der Waals surface area contributed by atoms with E-state index < -0.39 is 7.60 Å². The zero-order valence-electron chi connectivity index (χ0n) is 19.8. The van der Waals surface area contributed by atoms with Crippen molar-refractivity contribution in [1.29, 1.82) is 0 Å². The van der Waals surface area contributed by atoms with Crippen LogP contribution in [-0.4, -0.2) is 19.4 Å². The lowest BCUT2D eigenvalue weighted by molar-refractivity contribution is 0.216. The molecule has 0 saturated carbocycles.